The van der Waals surface area contributed by atoms with E-state index in [1.165, 1.54) is 31.4 Å². The molecule has 3 N–H and O–H groups in total. The molecule has 2 aliphatic rings. The molecule has 0 radical (unpaired) electrons. The highest BCUT2D eigenvalue weighted by Gasteiger charge is 2.29. The lowest BCUT2D eigenvalue weighted by molar-refractivity contribution is 0.0531. The van der Waals surface area contributed by atoms with E-state index in [2.05, 4.69) is 22.5 Å². The number of hydrazine groups is 1. The molecule has 4 nitrogen and oxygen atoms in total. The normalized spacial score (nSPS) is 24.7. The van der Waals surface area contributed by atoms with E-state index in [4.69, 9.17) is 10.6 Å². The molecule has 2 heterocycles. The van der Waals surface area contributed by atoms with Crippen LogP contribution in [0.15, 0.2) is 24.3 Å². The smallest absolute Gasteiger partial charge is 0.0605 e. The molecule has 104 valence electrons. The summed E-state index contributed by atoms with van der Waals surface area (Å²) in [6.45, 7) is 3.25. The van der Waals surface area contributed by atoms with Gasteiger partial charge in [-0.1, -0.05) is 0 Å². The highest BCUT2D eigenvalue weighted by atomic mass is 16.5. The topological polar surface area (TPSA) is 50.5 Å². The van der Waals surface area contributed by atoms with Crippen molar-refractivity contribution in [3.05, 3.63) is 24.3 Å². The summed E-state index contributed by atoms with van der Waals surface area (Å²) in [7, 11) is 0. The maximum atomic E-state index is 5.82. The van der Waals surface area contributed by atoms with Crippen LogP contribution in [-0.4, -0.2) is 25.8 Å². The molecule has 0 aliphatic carbocycles. The summed E-state index contributed by atoms with van der Waals surface area (Å²) in [6.07, 6.45) is 5.55. The molecule has 0 bridgehead atoms. The molecular formula is C15H23N3O. The Kier molecular flexibility index (Phi) is 3.89. The molecule has 1 unspecified atom stereocenters. The van der Waals surface area contributed by atoms with Crippen LogP contribution in [0.1, 0.15) is 25.7 Å². The molecule has 0 saturated carbocycles. The first-order valence-electron chi connectivity index (χ1n) is 7.30. The van der Waals surface area contributed by atoms with E-state index < -0.39 is 0 Å². The van der Waals surface area contributed by atoms with Gasteiger partial charge in [0.25, 0.3) is 0 Å². The van der Waals surface area contributed by atoms with E-state index in [1.54, 1.807) is 0 Å². The van der Waals surface area contributed by atoms with Gasteiger partial charge in [-0.2, -0.15) is 0 Å². The van der Waals surface area contributed by atoms with Crippen LogP contribution in [0.2, 0.25) is 0 Å². The fourth-order valence-electron chi connectivity index (χ4n) is 3.27. The van der Waals surface area contributed by atoms with Gasteiger partial charge in [0.2, 0.25) is 0 Å². The summed E-state index contributed by atoms with van der Waals surface area (Å²) in [5.74, 6) is 6.16. The third-order valence-electron chi connectivity index (χ3n) is 4.43. The minimum absolute atomic E-state index is 0.533. The molecule has 3 rings (SSSR count). The second-order valence-electron chi connectivity index (χ2n) is 5.57. The second-order valence-corrected chi connectivity index (χ2v) is 5.57. The van der Waals surface area contributed by atoms with Gasteiger partial charge in [0.05, 0.1) is 6.10 Å². The number of nitrogens with one attached hydrogen (secondary N) is 1. The average Bonchev–Trinajstić information content (AvgIpc) is 3.02. The fraction of sp³-hybridized carbons (Fsp3) is 0.600. The van der Waals surface area contributed by atoms with Gasteiger partial charge in [-0.05, 0) is 55.9 Å². The van der Waals surface area contributed by atoms with Crippen LogP contribution in [0, 0.1) is 5.92 Å². The largest absolute Gasteiger partial charge is 0.378 e. The highest BCUT2D eigenvalue weighted by Crippen LogP contribution is 2.31. The van der Waals surface area contributed by atoms with E-state index in [1.807, 2.05) is 12.1 Å². The lowest BCUT2D eigenvalue weighted by Crippen LogP contribution is -2.37. The minimum atomic E-state index is 0.533. The molecule has 2 aliphatic heterocycles. The van der Waals surface area contributed by atoms with Crippen molar-refractivity contribution in [3.8, 4) is 0 Å². The third-order valence-corrected chi connectivity index (χ3v) is 4.43. The number of hydrogen-bond acceptors (Lipinski definition) is 4. The Morgan fingerprint density at radius 2 is 1.84 bits per heavy atom. The second kappa shape index (κ2) is 5.80. The zero-order valence-electron chi connectivity index (χ0n) is 11.3. The number of hydrogen-bond donors (Lipinski definition) is 2. The Bertz CT molecular complexity index is 392. The number of piperidine rings is 1. The Hall–Kier alpha value is -1.26. The third kappa shape index (κ3) is 2.85. The Morgan fingerprint density at radius 3 is 2.42 bits per heavy atom. The number of nitrogens with zero attached hydrogens (tertiary/aromatic N) is 1. The van der Waals surface area contributed by atoms with Crippen LogP contribution < -0.4 is 16.2 Å². The van der Waals surface area contributed by atoms with Crippen molar-refractivity contribution in [1.29, 1.82) is 0 Å². The van der Waals surface area contributed by atoms with Crippen LogP contribution in [0.25, 0.3) is 0 Å². The van der Waals surface area contributed by atoms with Gasteiger partial charge in [-0.25, -0.2) is 0 Å². The number of anilines is 2. The maximum absolute atomic E-state index is 5.82. The summed E-state index contributed by atoms with van der Waals surface area (Å²) in [5, 5.41) is 0. The summed E-state index contributed by atoms with van der Waals surface area (Å²) in [5.41, 5.74) is 4.92. The van der Waals surface area contributed by atoms with Crippen LogP contribution >= 0.6 is 0 Å². The Balaban J connectivity index is 1.56. The lowest BCUT2D eigenvalue weighted by atomic mass is 9.89. The molecule has 1 aromatic rings. The summed E-state index contributed by atoms with van der Waals surface area (Å²) in [4.78, 5) is 2.46. The van der Waals surface area contributed by atoms with Gasteiger partial charge >= 0.3 is 0 Å². The average molecular weight is 261 g/mol. The van der Waals surface area contributed by atoms with Gasteiger partial charge in [0.1, 0.15) is 0 Å². The fourth-order valence-corrected chi connectivity index (χ4v) is 3.27. The van der Waals surface area contributed by atoms with Crippen molar-refractivity contribution in [2.24, 2.45) is 11.8 Å². The molecule has 1 aromatic carbocycles. The number of benzene rings is 1. The van der Waals surface area contributed by atoms with Crippen LogP contribution in [0.3, 0.4) is 0 Å². The predicted octanol–water partition coefficient (Wildman–Crippen LogP) is 2.37. The van der Waals surface area contributed by atoms with E-state index in [-0.39, 0.29) is 0 Å². The van der Waals surface area contributed by atoms with Crippen molar-refractivity contribution in [2.45, 2.75) is 31.8 Å². The quantitative estimate of drug-likeness (QED) is 0.648. The first-order valence-corrected chi connectivity index (χ1v) is 7.30. The minimum Gasteiger partial charge on any atom is -0.378 e. The van der Waals surface area contributed by atoms with Crippen molar-refractivity contribution in [1.82, 2.24) is 0 Å². The molecular weight excluding hydrogens is 238 g/mol. The predicted molar refractivity (Wildman–Crippen MR) is 78.2 cm³/mol. The zero-order chi connectivity index (χ0) is 13.1. The standard InChI is InChI=1S/C15H23N3O/c16-17-13-3-5-14(6-4-13)18-9-7-12(8-10-18)15-2-1-11-19-15/h3-6,12,15,17H,1-2,7-11,16H2. The monoisotopic (exact) mass is 261 g/mol. The van der Waals surface area contributed by atoms with E-state index in [0.29, 0.717) is 6.10 Å². The van der Waals surface area contributed by atoms with Gasteiger partial charge in [0.15, 0.2) is 0 Å². The van der Waals surface area contributed by atoms with Gasteiger partial charge in [-0.3, -0.25) is 5.84 Å². The molecule has 2 saturated heterocycles. The summed E-state index contributed by atoms with van der Waals surface area (Å²) >= 11 is 0. The lowest BCUT2D eigenvalue weighted by Gasteiger charge is -2.35. The molecule has 2 fully saturated rings. The molecule has 0 spiro atoms. The number of nitrogen functional groups attached to an aromatic ring is 1. The van der Waals surface area contributed by atoms with Gasteiger partial charge in [0, 0.05) is 31.1 Å². The van der Waals surface area contributed by atoms with Crippen molar-refractivity contribution < 1.29 is 4.74 Å². The van der Waals surface area contributed by atoms with Crippen molar-refractivity contribution in [3.63, 3.8) is 0 Å². The Morgan fingerprint density at radius 1 is 1.11 bits per heavy atom. The summed E-state index contributed by atoms with van der Waals surface area (Å²) in [6, 6.07) is 8.34. The van der Waals surface area contributed by atoms with E-state index >= 15 is 0 Å². The van der Waals surface area contributed by atoms with Crippen LogP contribution in [0.5, 0.6) is 0 Å². The molecule has 4 heteroatoms. The number of nitrogens with two attached hydrogens (primary N) is 1. The molecule has 0 amide bonds. The zero-order valence-corrected chi connectivity index (χ0v) is 11.3. The first-order chi connectivity index (χ1) is 9.36. The maximum Gasteiger partial charge on any atom is 0.0605 e. The van der Waals surface area contributed by atoms with Crippen LogP contribution in [-0.2, 0) is 4.74 Å². The molecule has 19 heavy (non-hydrogen) atoms. The van der Waals surface area contributed by atoms with Crippen molar-refractivity contribution >= 4 is 11.4 Å². The number of ether oxygens (including phenoxy) is 1. The van der Waals surface area contributed by atoms with Gasteiger partial charge in [-0.15, -0.1) is 0 Å². The van der Waals surface area contributed by atoms with Crippen molar-refractivity contribution in [2.75, 3.05) is 30.0 Å². The summed E-state index contributed by atoms with van der Waals surface area (Å²) < 4.78 is 5.82. The van der Waals surface area contributed by atoms with E-state index in [9.17, 15) is 0 Å². The Labute approximate surface area is 114 Å². The number of rotatable bonds is 3. The molecule has 0 aromatic heterocycles. The first kappa shape index (κ1) is 12.8. The SMILES string of the molecule is NNc1ccc(N2CCC(C3CCCO3)CC2)cc1. The van der Waals surface area contributed by atoms with E-state index in [0.717, 1.165) is 31.3 Å². The highest BCUT2D eigenvalue weighted by molar-refractivity contribution is 5.54. The van der Waals surface area contributed by atoms with Crippen LogP contribution in [0.4, 0.5) is 11.4 Å². The van der Waals surface area contributed by atoms with Gasteiger partial charge < -0.3 is 15.1 Å². The molecule has 1 atom stereocenters.